The average Bonchev–Trinajstić information content (AvgIpc) is 2.93. The first-order chi connectivity index (χ1) is 10.5. The number of carbonyl (C=O) groups excluding carboxylic acids is 1. The molecule has 1 aromatic heterocycles. The lowest BCUT2D eigenvalue weighted by atomic mass is 9.80. The Morgan fingerprint density at radius 2 is 2.14 bits per heavy atom. The molecule has 0 radical (unpaired) electrons. The Morgan fingerprint density at radius 1 is 1.41 bits per heavy atom. The number of aliphatic imine (C=N–C) groups is 1. The molecule has 22 heavy (non-hydrogen) atoms. The van der Waals surface area contributed by atoms with E-state index in [2.05, 4.69) is 17.1 Å². The molecule has 0 fully saturated rings. The molecule has 6 heteroatoms. The quantitative estimate of drug-likeness (QED) is 0.799. The molecule has 0 aromatic carbocycles. The molecule has 1 aliphatic heterocycles. The molecule has 2 heterocycles. The molecular formula is C16H15N3O3. The SMILES string of the molecule is CC(=O)OCc1ccc(C2C(C#N)=C(C)N=C(C)C2C#N)o1. The highest BCUT2D eigenvalue weighted by molar-refractivity contribution is 5.90. The number of furan rings is 1. The van der Waals surface area contributed by atoms with Gasteiger partial charge in [-0.15, -0.1) is 0 Å². The molecule has 0 aliphatic carbocycles. The van der Waals surface area contributed by atoms with E-state index in [-0.39, 0.29) is 6.61 Å². The van der Waals surface area contributed by atoms with Crippen molar-refractivity contribution in [1.82, 2.24) is 0 Å². The van der Waals surface area contributed by atoms with Crippen LogP contribution in [0.1, 0.15) is 38.2 Å². The Bertz CT molecular complexity index is 743. The van der Waals surface area contributed by atoms with Crippen LogP contribution in [0.2, 0.25) is 0 Å². The van der Waals surface area contributed by atoms with Crippen molar-refractivity contribution in [2.45, 2.75) is 33.3 Å². The van der Waals surface area contributed by atoms with Crippen LogP contribution in [0.25, 0.3) is 0 Å². The fraction of sp³-hybridized carbons (Fsp3) is 0.375. The van der Waals surface area contributed by atoms with Crippen LogP contribution in [-0.4, -0.2) is 11.7 Å². The van der Waals surface area contributed by atoms with Gasteiger partial charge in [-0.25, -0.2) is 0 Å². The van der Waals surface area contributed by atoms with Crippen LogP contribution in [0, 0.1) is 28.6 Å². The van der Waals surface area contributed by atoms with Crippen molar-refractivity contribution in [3.8, 4) is 12.1 Å². The molecule has 6 nitrogen and oxygen atoms in total. The van der Waals surface area contributed by atoms with E-state index in [1.54, 1.807) is 26.0 Å². The summed E-state index contributed by atoms with van der Waals surface area (Å²) in [6.45, 7) is 4.85. The Balaban J connectivity index is 2.37. The van der Waals surface area contributed by atoms with Crippen LogP contribution in [0.5, 0.6) is 0 Å². The summed E-state index contributed by atoms with van der Waals surface area (Å²) in [5.74, 6) is -0.470. The molecular weight excluding hydrogens is 282 g/mol. The minimum absolute atomic E-state index is 0.0247. The Hall–Kier alpha value is -2.86. The van der Waals surface area contributed by atoms with E-state index in [4.69, 9.17) is 9.15 Å². The summed E-state index contributed by atoms with van der Waals surface area (Å²) in [4.78, 5) is 15.1. The second-order valence-electron chi connectivity index (χ2n) is 5.03. The van der Waals surface area contributed by atoms with Crippen molar-refractivity contribution in [3.05, 3.63) is 34.9 Å². The number of hydrogen-bond donors (Lipinski definition) is 0. The lowest BCUT2D eigenvalue weighted by Gasteiger charge is -2.24. The molecule has 0 saturated heterocycles. The van der Waals surface area contributed by atoms with Gasteiger partial charge in [-0.05, 0) is 26.0 Å². The summed E-state index contributed by atoms with van der Waals surface area (Å²) < 4.78 is 10.5. The first kappa shape index (κ1) is 15.5. The van der Waals surface area contributed by atoms with Gasteiger partial charge in [-0.1, -0.05) is 0 Å². The van der Waals surface area contributed by atoms with Crippen LogP contribution >= 0.6 is 0 Å². The molecule has 1 aliphatic rings. The summed E-state index contributed by atoms with van der Waals surface area (Å²) in [6.07, 6.45) is 0. The Labute approximate surface area is 128 Å². The number of esters is 1. The summed E-state index contributed by atoms with van der Waals surface area (Å²) in [6, 6.07) is 7.69. The van der Waals surface area contributed by atoms with Gasteiger partial charge in [0.25, 0.3) is 0 Å². The maximum atomic E-state index is 10.8. The first-order valence-electron chi connectivity index (χ1n) is 6.75. The van der Waals surface area contributed by atoms with Gasteiger partial charge in [-0.3, -0.25) is 9.79 Å². The molecule has 1 aromatic rings. The first-order valence-corrected chi connectivity index (χ1v) is 6.75. The highest BCUT2D eigenvalue weighted by Crippen LogP contribution is 2.38. The van der Waals surface area contributed by atoms with Crippen LogP contribution in [0.3, 0.4) is 0 Å². The predicted molar refractivity (Wildman–Crippen MR) is 77.4 cm³/mol. The zero-order chi connectivity index (χ0) is 16.3. The number of ether oxygens (including phenoxy) is 1. The fourth-order valence-electron chi connectivity index (χ4n) is 2.46. The molecule has 0 spiro atoms. The van der Waals surface area contributed by atoms with Crippen LogP contribution in [0.15, 0.2) is 32.8 Å². The molecule has 2 rings (SSSR count). The maximum absolute atomic E-state index is 10.8. The minimum atomic E-state index is -0.550. The number of nitrogens with zero attached hydrogens (tertiary/aromatic N) is 3. The Kier molecular flexibility index (Phi) is 4.43. The number of rotatable bonds is 3. The van der Waals surface area contributed by atoms with E-state index < -0.39 is 17.8 Å². The molecule has 112 valence electrons. The zero-order valence-corrected chi connectivity index (χ0v) is 12.6. The maximum Gasteiger partial charge on any atom is 0.303 e. The van der Waals surface area contributed by atoms with Gasteiger partial charge < -0.3 is 9.15 Å². The van der Waals surface area contributed by atoms with E-state index >= 15 is 0 Å². The normalized spacial score (nSPS) is 20.9. The lowest BCUT2D eigenvalue weighted by molar-refractivity contribution is -0.142. The third-order valence-corrected chi connectivity index (χ3v) is 3.49. The molecule has 0 bridgehead atoms. The number of nitriles is 2. The largest absolute Gasteiger partial charge is 0.462 e. The zero-order valence-electron chi connectivity index (χ0n) is 12.6. The van der Waals surface area contributed by atoms with Gasteiger partial charge in [-0.2, -0.15) is 10.5 Å². The van der Waals surface area contributed by atoms with Crippen molar-refractivity contribution < 1.29 is 13.9 Å². The fourth-order valence-corrected chi connectivity index (χ4v) is 2.46. The molecule has 2 atom stereocenters. The van der Waals surface area contributed by atoms with E-state index in [0.29, 0.717) is 28.5 Å². The van der Waals surface area contributed by atoms with E-state index in [0.717, 1.165) is 0 Å². The van der Waals surface area contributed by atoms with Gasteiger partial charge in [0.15, 0.2) is 0 Å². The predicted octanol–water partition coefficient (Wildman–Crippen LogP) is 2.84. The van der Waals surface area contributed by atoms with Crippen molar-refractivity contribution in [2.75, 3.05) is 0 Å². The second-order valence-corrected chi connectivity index (χ2v) is 5.03. The number of hydrogen-bond acceptors (Lipinski definition) is 6. The highest BCUT2D eigenvalue weighted by Gasteiger charge is 2.36. The van der Waals surface area contributed by atoms with Gasteiger partial charge in [0.2, 0.25) is 0 Å². The van der Waals surface area contributed by atoms with Crippen LogP contribution in [-0.2, 0) is 16.1 Å². The monoisotopic (exact) mass is 297 g/mol. The third-order valence-electron chi connectivity index (χ3n) is 3.49. The van der Waals surface area contributed by atoms with Crippen LogP contribution < -0.4 is 0 Å². The molecule has 2 unspecified atom stereocenters. The minimum Gasteiger partial charge on any atom is -0.462 e. The standard InChI is InChI=1S/C16H15N3O3/c1-9-13(6-17)16(14(7-18)10(2)19-9)15-5-4-12(22-15)8-21-11(3)20/h4-5,13,16H,8H2,1-3H3. The summed E-state index contributed by atoms with van der Waals surface area (Å²) >= 11 is 0. The third kappa shape index (κ3) is 2.91. The topological polar surface area (TPSA) is 99.4 Å². The van der Waals surface area contributed by atoms with Crippen molar-refractivity contribution in [3.63, 3.8) is 0 Å². The van der Waals surface area contributed by atoms with Gasteiger partial charge in [0.05, 0.1) is 35.2 Å². The summed E-state index contributed by atoms with van der Waals surface area (Å²) in [5.41, 5.74) is 1.67. The number of carbonyl (C=O) groups is 1. The molecule has 0 amide bonds. The van der Waals surface area contributed by atoms with Crippen molar-refractivity contribution in [1.29, 1.82) is 10.5 Å². The smallest absolute Gasteiger partial charge is 0.303 e. The van der Waals surface area contributed by atoms with Gasteiger partial charge >= 0.3 is 5.97 Å². The van der Waals surface area contributed by atoms with Crippen molar-refractivity contribution in [2.24, 2.45) is 10.9 Å². The highest BCUT2D eigenvalue weighted by atomic mass is 16.5. The lowest BCUT2D eigenvalue weighted by Crippen LogP contribution is -2.24. The summed E-state index contributed by atoms with van der Waals surface area (Å²) in [5, 5.41) is 18.8. The van der Waals surface area contributed by atoms with E-state index in [1.165, 1.54) is 6.92 Å². The number of allylic oxidation sites excluding steroid dienone is 2. The Morgan fingerprint density at radius 3 is 2.73 bits per heavy atom. The van der Waals surface area contributed by atoms with E-state index in [9.17, 15) is 15.3 Å². The van der Waals surface area contributed by atoms with E-state index in [1.807, 2.05) is 0 Å². The van der Waals surface area contributed by atoms with Gasteiger partial charge in [0, 0.05) is 12.6 Å². The molecule has 0 N–H and O–H groups in total. The van der Waals surface area contributed by atoms with Gasteiger partial charge in [0.1, 0.15) is 18.1 Å². The second kappa shape index (κ2) is 6.28. The molecule has 0 saturated carbocycles. The van der Waals surface area contributed by atoms with Crippen LogP contribution in [0.4, 0.5) is 0 Å². The summed E-state index contributed by atoms with van der Waals surface area (Å²) in [7, 11) is 0. The van der Waals surface area contributed by atoms with Crippen molar-refractivity contribution >= 4 is 11.7 Å². The average molecular weight is 297 g/mol.